The fraction of sp³-hybridized carbons (Fsp3) is 0.250. The molecule has 0 spiro atoms. The molecule has 21 heavy (non-hydrogen) atoms. The number of nitrogens with two attached hydrogens (primary N) is 1. The van der Waals surface area contributed by atoms with Crippen LogP contribution in [0.25, 0.3) is 0 Å². The summed E-state index contributed by atoms with van der Waals surface area (Å²) in [6.45, 7) is 3.00. The molecule has 2 heterocycles. The van der Waals surface area contributed by atoms with E-state index >= 15 is 0 Å². The zero-order valence-corrected chi connectivity index (χ0v) is 12.0. The molecule has 0 saturated heterocycles. The number of oxime groups is 1. The van der Waals surface area contributed by atoms with Gasteiger partial charge in [0, 0.05) is 24.0 Å². The Hall–Kier alpha value is -2.56. The Kier molecular flexibility index (Phi) is 3.48. The van der Waals surface area contributed by atoms with Gasteiger partial charge in [0.15, 0.2) is 5.84 Å². The van der Waals surface area contributed by atoms with Crippen LogP contribution in [0.5, 0.6) is 0 Å². The van der Waals surface area contributed by atoms with Gasteiger partial charge in [-0.15, -0.1) is 0 Å². The number of benzene rings is 1. The molecule has 2 aromatic rings. The molecule has 0 fully saturated rings. The third-order valence-corrected chi connectivity index (χ3v) is 3.83. The topological polar surface area (TPSA) is 74.7 Å². The van der Waals surface area contributed by atoms with Gasteiger partial charge in [0.05, 0.1) is 11.9 Å². The summed E-state index contributed by atoms with van der Waals surface area (Å²) in [7, 11) is 0. The van der Waals surface area contributed by atoms with E-state index in [1.54, 1.807) is 18.5 Å². The van der Waals surface area contributed by atoms with Crippen molar-refractivity contribution in [3.05, 3.63) is 53.3 Å². The quantitative estimate of drug-likeness (QED) is 0.384. The van der Waals surface area contributed by atoms with Crippen molar-refractivity contribution in [3.63, 3.8) is 0 Å². The van der Waals surface area contributed by atoms with Gasteiger partial charge in [0.2, 0.25) is 0 Å². The summed E-state index contributed by atoms with van der Waals surface area (Å²) in [5.74, 6) is 0.103. The molecule has 5 heteroatoms. The molecule has 3 N–H and O–H groups in total. The van der Waals surface area contributed by atoms with Crippen molar-refractivity contribution >= 4 is 17.2 Å². The van der Waals surface area contributed by atoms with Gasteiger partial charge in [-0.2, -0.15) is 0 Å². The minimum Gasteiger partial charge on any atom is -0.409 e. The Morgan fingerprint density at radius 1 is 1.33 bits per heavy atom. The van der Waals surface area contributed by atoms with Gasteiger partial charge in [0.1, 0.15) is 0 Å². The molecule has 1 aromatic heterocycles. The molecule has 0 bridgehead atoms. The summed E-state index contributed by atoms with van der Waals surface area (Å²) < 4.78 is 0. The third kappa shape index (κ3) is 2.42. The molecular weight excluding hydrogens is 264 g/mol. The fourth-order valence-electron chi connectivity index (χ4n) is 2.85. The highest BCUT2D eigenvalue weighted by molar-refractivity contribution is 6.02. The maximum absolute atomic E-state index is 8.97. The number of amidine groups is 1. The number of hydrogen-bond acceptors (Lipinski definition) is 4. The molecule has 0 aliphatic carbocycles. The summed E-state index contributed by atoms with van der Waals surface area (Å²) in [5, 5.41) is 12.1. The van der Waals surface area contributed by atoms with Crippen LogP contribution in [-0.4, -0.2) is 22.6 Å². The van der Waals surface area contributed by atoms with E-state index in [4.69, 9.17) is 10.9 Å². The van der Waals surface area contributed by atoms with E-state index in [0.717, 1.165) is 25.1 Å². The summed E-state index contributed by atoms with van der Waals surface area (Å²) in [6.07, 6.45) is 5.56. The lowest BCUT2D eigenvalue weighted by atomic mass is 9.98. The van der Waals surface area contributed by atoms with Gasteiger partial charge in [-0.1, -0.05) is 22.9 Å². The Labute approximate surface area is 123 Å². The maximum atomic E-state index is 8.97. The highest BCUT2D eigenvalue weighted by Crippen LogP contribution is 2.35. The highest BCUT2D eigenvalue weighted by atomic mass is 16.4. The van der Waals surface area contributed by atoms with Crippen molar-refractivity contribution in [1.29, 1.82) is 0 Å². The Balaban J connectivity index is 2.12. The van der Waals surface area contributed by atoms with Gasteiger partial charge in [0.25, 0.3) is 0 Å². The van der Waals surface area contributed by atoms with E-state index in [0.29, 0.717) is 5.56 Å². The average Bonchev–Trinajstić information content (AvgIpc) is 2.53. The number of hydrogen-bond donors (Lipinski definition) is 2. The van der Waals surface area contributed by atoms with Crippen LogP contribution in [-0.2, 0) is 6.42 Å². The first-order valence-corrected chi connectivity index (χ1v) is 6.99. The minimum absolute atomic E-state index is 0.103. The van der Waals surface area contributed by atoms with E-state index in [2.05, 4.69) is 40.2 Å². The SMILES string of the molecule is Cc1ccc2c(c1)CCCN2c1cnccc1/C(N)=N/O. The molecule has 0 saturated carbocycles. The molecule has 1 aliphatic heterocycles. The van der Waals surface area contributed by atoms with Gasteiger partial charge < -0.3 is 15.8 Å². The lowest BCUT2D eigenvalue weighted by Crippen LogP contribution is -2.27. The highest BCUT2D eigenvalue weighted by Gasteiger charge is 2.21. The van der Waals surface area contributed by atoms with Crippen LogP contribution in [0.15, 0.2) is 41.8 Å². The number of pyridine rings is 1. The molecule has 0 atom stereocenters. The van der Waals surface area contributed by atoms with Crippen LogP contribution in [0.1, 0.15) is 23.1 Å². The molecule has 3 rings (SSSR count). The van der Waals surface area contributed by atoms with E-state index < -0.39 is 0 Å². The predicted octanol–water partition coefficient (Wildman–Crippen LogP) is 2.57. The third-order valence-electron chi connectivity index (χ3n) is 3.83. The van der Waals surface area contributed by atoms with E-state index in [-0.39, 0.29) is 5.84 Å². The normalized spacial score (nSPS) is 14.9. The lowest BCUT2D eigenvalue weighted by Gasteiger charge is -2.32. The minimum atomic E-state index is 0.103. The smallest absolute Gasteiger partial charge is 0.172 e. The molecule has 5 nitrogen and oxygen atoms in total. The van der Waals surface area contributed by atoms with Crippen molar-refractivity contribution in [2.45, 2.75) is 19.8 Å². The number of anilines is 2. The second-order valence-electron chi connectivity index (χ2n) is 5.27. The van der Waals surface area contributed by atoms with Crippen molar-refractivity contribution < 1.29 is 5.21 Å². The molecule has 108 valence electrons. The Morgan fingerprint density at radius 2 is 2.19 bits per heavy atom. The molecule has 0 amide bonds. The molecule has 1 aliphatic rings. The van der Waals surface area contributed by atoms with Crippen LogP contribution in [0.3, 0.4) is 0 Å². The van der Waals surface area contributed by atoms with Crippen LogP contribution in [0.2, 0.25) is 0 Å². The largest absolute Gasteiger partial charge is 0.409 e. The van der Waals surface area contributed by atoms with Crippen LogP contribution in [0.4, 0.5) is 11.4 Å². The summed E-state index contributed by atoms with van der Waals surface area (Å²) in [6, 6.07) is 8.23. The van der Waals surface area contributed by atoms with Crippen LogP contribution >= 0.6 is 0 Å². The lowest BCUT2D eigenvalue weighted by molar-refractivity contribution is 0.318. The monoisotopic (exact) mass is 282 g/mol. The van der Waals surface area contributed by atoms with Crippen molar-refractivity contribution in [2.24, 2.45) is 10.9 Å². The maximum Gasteiger partial charge on any atom is 0.172 e. The fourth-order valence-corrected chi connectivity index (χ4v) is 2.85. The first-order valence-electron chi connectivity index (χ1n) is 6.99. The Bertz CT molecular complexity index is 696. The first kappa shape index (κ1) is 13.4. The number of aromatic nitrogens is 1. The average molecular weight is 282 g/mol. The molecule has 1 aromatic carbocycles. The summed E-state index contributed by atoms with van der Waals surface area (Å²) >= 11 is 0. The molecular formula is C16H18N4O. The van der Waals surface area contributed by atoms with E-state index in [1.165, 1.54) is 16.8 Å². The number of fused-ring (bicyclic) bond motifs is 1. The number of nitrogens with zero attached hydrogens (tertiary/aromatic N) is 3. The van der Waals surface area contributed by atoms with E-state index in [9.17, 15) is 0 Å². The number of rotatable bonds is 2. The van der Waals surface area contributed by atoms with E-state index in [1.807, 2.05) is 0 Å². The van der Waals surface area contributed by atoms with Gasteiger partial charge in [-0.3, -0.25) is 4.98 Å². The second-order valence-corrected chi connectivity index (χ2v) is 5.27. The molecule has 0 unspecified atom stereocenters. The summed E-state index contributed by atoms with van der Waals surface area (Å²) in [4.78, 5) is 6.39. The summed E-state index contributed by atoms with van der Waals surface area (Å²) in [5.41, 5.74) is 11.1. The van der Waals surface area contributed by atoms with Crippen molar-refractivity contribution in [1.82, 2.24) is 4.98 Å². The first-order chi connectivity index (χ1) is 10.2. The van der Waals surface area contributed by atoms with Gasteiger partial charge in [-0.25, -0.2) is 0 Å². The Morgan fingerprint density at radius 3 is 3.00 bits per heavy atom. The van der Waals surface area contributed by atoms with Crippen LogP contribution < -0.4 is 10.6 Å². The van der Waals surface area contributed by atoms with Crippen molar-refractivity contribution in [2.75, 3.05) is 11.4 Å². The standard InChI is InChI=1S/C16H18N4O/c1-11-4-5-14-12(9-11)3-2-8-20(14)15-10-18-7-6-13(15)16(17)19-21/h4-7,9-10,21H,2-3,8H2,1H3,(H2,17,19). The second kappa shape index (κ2) is 5.44. The number of aryl methyl sites for hydroxylation is 2. The van der Waals surface area contributed by atoms with Crippen molar-refractivity contribution in [3.8, 4) is 0 Å². The predicted molar refractivity (Wildman–Crippen MR) is 83.3 cm³/mol. The zero-order valence-electron chi connectivity index (χ0n) is 12.0. The van der Waals surface area contributed by atoms with Gasteiger partial charge >= 0.3 is 0 Å². The van der Waals surface area contributed by atoms with Crippen LogP contribution in [0, 0.1) is 6.92 Å². The molecule has 0 radical (unpaired) electrons. The van der Waals surface area contributed by atoms with Gasteiger partial charge in [-0.05, 0) is 37.5 Å². The zero-order chi connectivity index (χ0) is 14.8.